The molecule has 3 heteroatoms. The van der Waals surface area contributed by atoms with Gasteiger partial charge in [-0.05, 0) is 51.7 Å². The van der Waals surface area contributed by atoms with Gasteiger partial charge in [0.1, 0.15) is 0 Å². The summed E-state index contributed by atoms with van der Waals surface area (Å²) >= 11 is 0. The summed E-state index contributed by atoms with van der Waals surface area (Å²) in [6, 6.07) is 2.86. The Morgan fingerprint density at radius 2 is 2.11 bits per heavy atom. The summed E-state index contributed by atoms with van der Waals surface area (Å²) in [4.78, 5) is 4.63. The molecule has 2 aliphatic rings. The SMILES string of the molecule is CCN1CCC(C#N)(C2C=C(C)C=CN2C)CC1. The van der Waals surface area contributed by atoms with Gasteiger partial charge in [-0.25, -0.2) is 0 Å². The molecule has 0 amide bonds. The van der Waals surface area contributed by atoms with Crippen molar-refractivity contribution < 1.29 is 0 Å². The highest BCUT2D eigenvalue weighted by molar-refractivity contribution is 5.28. The zero-order valence-corrected chi connectivity index (χ0v) is 11.7. The second-order valence-corrected chi connectivity index (χ2v) is 5.54. The van der Waals surface area contributed by atoms with E-state index in [2.05, 4.69) is 55.1 Å². The Kier molecular flexibility index (Phi) is 3.77. The highest BCUT2D eigenvalue weighted by atomic mass is 15.2. The van der Waals surface area contributed by atoms with Crippen LogP contribution in [0.25, 0.3) is 0 Å². The number of hydrogen-bond acceptors (Lipinski definition) is 3. The van der Waals surface area contributed by atoms with E-state index in [1.54, 1.807) is 0 Å². The molecule has 3 nitrogen and oxygen atoms in total. The molecule has 2 heterocycles. The molecule has 0 bridgehead atoms. The van der Waals surface area contributed by atoms with Crippen LogP contribution < -0.4 is 0 Å². The van der Waals surface area contributed by atoms with E-state index in [9.17, 15) is 5.26 Å². The van der Waals surface area contributed by atoms with Crippen LogP contribution in [-0.2, 0) is 0 Å². The van der Waals surface area contributed by atoms with Gasteiger partial charge in [0, 0.05) is 7.05 Å². The first kappa shape index (κ1) is 13.2. The molecule has 2 rings (SSSR count). The molecule has 0 aliphatic carbocycles. The lowest BCUT2D eigenvalue weighted by Crippen LogP contribution is -2.50. The molecule has 0 aromatic heterocycles. The minimum atomic E-state index is -0.216. The predicted molar refractivity (Wildman–Crippen MR) is 73.8 cm³/mol. The Labute approximate surface area is 110 Å². The molecule has 0 aromatic carbocycles. The smallest absolute Gasteiger partial charge is 0.0836 e. The molecule has 0 aromatic rings. The summed E-state index contributed by atoms with van der Waals surface area (Å²) in [5.74, 6) is 0. The molecule has 0 saturated carbocycles. The average molecular weight is 245 g/mol. The van der Waals surface area contributed by atoms with Gasteiger partial charge in [0.25, 0.3) is 0 Å². The van der Waals surface area contributed by atoms with E-state index in [0.717, 1.165) is 32.5 Å². The number of allylic oxidation sites excluding steroid dienone is 2. The summed E-state index contributed by atoms with van der Waals surface area (Å²) in [7, 11) is 2.08. The van der Waals surface area contributed by atoms with Crippen molar-refractivity contribution in [2.75, 3.05) is 26.7 Å². The lowest BCUT2D eigenvalue weighted by atomic mass is 9.72. The topological polar surface area (TPSA) is 30.3 Å². The van der Waals surface area contributed by atoms with Gasteiger partial charge in [-0.1, -0.05) is 18.6 Å². The molecule has 0 spiro atoms. The van der Waals surface area contributed by atoms with Crippen molar-refractivity contribution in [3.63, 3.8) is 0 Å². The van der Waals surface area contributed by atoms with Gasteiger partial charge in [-0.3, -0.25) is 0 Å². The fraction of sp³-hybridized carbons (Fsp3) is 0.667. The molecule has 1 fully saturated rings. The van der Waals surface area contributed by atoms with Gasteiger partial charge in [0.15, 0.2) is 0 Å². The quantitative estimate of drug-likeness (QED) is 0.748. The highest BCUT2D eigenvalue weighted by Gasteiger charge is 2.42. The molecular weight excluding hydrogens is 222 g/mol. The number of likely N-dealkylation sites (tertiary alicyclic amines) is 1. The molecule has 1 atom stereocenters. The van der Waals surface area contributed by atoms with Crippen LogP contribution in [-0.4, -0.2) is 42.5 Å². The number of rotatable bonds is 2. The summed E-state index contributed by atoms with van der Waals surface area (Å²) < 4.78 is 0. The lowest BCUT2D eigenvalue weighted by Gasteiger charge is -2.45. The maximum atomic E-state index is 9.71. The Balaban J connectivity index is 2.19. The summed E-state index contributed by atoms with van der Waals surface area (Å²) in [5, 5.41) is 9.71. The van der Waals surface area contributed by atoms with E-state index in [4.69, 9.17) is 0 Å². The van der Waals surface area contributed by atoms with Crippen molar-refractivity contribution in [3.05, 3.63) is 23.9 Å². The van der Waals surface area contributed by atoms with Crippen LogP contribution in [0, 0.1) is 16.7 Å². The second kappa shape index (κ2) is 5.16. The molecule has 1 saturated heterocycles. The van der Waals surface area contributed by atoms with Gasteiger partial charge in [-0.15, -0.1) is 0 Å². The molecular formula is C15H23N3. The average Bonchev–Trinajstić information content (AvgIpc) is 2.41. The van der Waals surface area contributed by atoms with E-state index in [0.29, 0.717) is 0 Å². The molecule has 2 aliphatic heterocycles. The first-order valence-corrected chi connectivity index (χ1v) is 6.83. The maximum Gasteiger partial charge on any atom is 0.0836 e. The van der Waals surface area contributed by atoms with Crippen LogP contribution in [0.4, 0.5) is 0 Å². The maximum absolute atomic E-state index is 9.71. The summed E-state index contributed by atoms with van der Waals surface area (Å²) in [6.07, 6.45) is 8.42. The lowest BCUT2D eigenvalue weighted by molar-refractivity contribution is 0.0983. The summed E-state index contributed by atoms with van der Waals surface area (Å²) in [5.41, 5.74) is 1.05. The minimum Gasteiger partial charge on any atom is -0.372 e. The zero-order chi connectivity index (χ0) is 13.2. The van der Waals surface area contributed by atoms with Crippen LogP contribution >= 0.6 is 0 Å². The fourth-order valence-corrected chi connectivity index (χ4v) is 3.04. The number of nitrogens with zero attached hydrogens (tertiary/aromatic N) is 3. The normalized spacial score (nSPS) is 27.8. The first-order chi connectivity index (χ1) is 8.61. The monoisotopic (exact) mass is 245 g/mol. The van der Waals surface area contributed by atoms with Crippen molar-refractivity contribution in [1.29, 1.82) is 5.26 Å². The van der Waals surface area contributed by atoms with Gasteiger partial charge >= 0.3 is 0 Å². The molecule has 1 unspecified atom stereocenters. The van der Waals surface area contributed by atoms with Crippen LogP contribution in [0.1, 0.15) is 26.7 Å². The Morgan fingerprint density at radius 3 is 2.67 bits per heavy atom. The van der Waals surface area contributed by atoms with Crippen LogP contribution in [0.15, 0.2) is 23.9 Å². The number of piperidine rings is 1. The highest BCUT2D eigenvalue weighted by Crippen LogP contribution is 2.39. The zero-order valence-electron chi connectivity index (χ0n) is 11.7. The van der Waals surface area contributed by atoms with Crippen LogP contribution in [0.2, 0.25) is 0 Å². The largest absolute Gasteiger partial charge is 0.372 e. The molecule has 98 valence electrons. The number of hydrogen-bond donors (Lipinski definition) is 0. The third kappa shape index (κ3) is 2.30. The van der Waals surface area contributed by atoms with E-state index < -0.39 is 0 Å². The first-order valence-electron chi connectivity index (χ1n) is 6.83. The number of likely N-dealkylation sites (N-methyl/N-ethyl adjacent to an activating group) is 1. The fourth-order valence-electron chi connectivity index (χ4n) is 3.04. The third-order valence-corrected chi connectivity index (χ3v) is 4.42. The predicted octanol–water partition coefficient (Wildman–Crippen LogP) is 2.39. The Bertz CT molecular complexity index is 394. The van der Waals surface area contributed by atoms with E-state index in [-0.39, 0.29) is 11.5 Å². The molecule has 0 N–H and O–H groups in total. The van der Waals surface area contributed by atoms with Gasteiger partial charge in [-0.2, -0.15) is 5.26 Å². The van der Waals surface area contributed by atoms with Crippen molar-refractivity contribution >= 4 is 0 Å². The van der Waals surface area contributed by atoms with Gasteiger partial charge in [0.05, 0.1) is 17.5 Å². The van der Waals surface area contributed by atoms with Gasteiger partial charge < -0.3 is 9.80 Å². The number of nitriles is 1. The van der Waals surface area contributed by atoms with Crippen molar-refractivity contribution in [3.8, 4) is 6.07 Å². The standard InChI is InChI=1S/C15H23N3/c1-4-18-9-6-15(12-16,7-10-18)14-11-13(2)5-8-17(14)3/h5,8,11,14H,4,6-7,9-10H2,1-3H3. The van der Waals surface area contributed by atoms with E-state index in [1.165, 1.54) is 5.57 Å². The molecule has 18 heavy (non-hydrogen) atoms. The minimum absolute atomic E-state index is 0.216. The summed E-state index contributed by atoms with van der Waals surface area (Å²) in [6.45, 7) is 7.49. The molecule has 0 radical (unpaired) electrons. The van der Waals surface area contributed by atoms with E-state index >= 15 is 0 Å². The van der Waals surface area contributed by atoms with Crippen molar-refractivity contribution in [2.24, 2.45) is 5.41 Å². The third-order valence-electron chi connectivity index (χ3n) is 4.42. The Hall–Kier alpha value is -1.27. The second-order valence-electron chi connectivity index (χ2n) is 5.54. The van der Waals surface area contributed by atoms with Crippen molar-refractivity contribution in [2.45, 2.75) is 32.7 Å². The van der Waals surface area contributed by atoms with Crippen LogP contribution in [0.3, 0.4) is 0 Å². The van der Waals surface area contributed by atoms with Crippen LogP contribution in [0.5, 0.6) is 0 Å². The van der Waals surface area contributed by atoms with Gasteiger partial charge in [0.2, 0.25) is 0 Å². The van der Waals surface area contributed by atoms with E-state index in [1.807, 2.05) is 0 Å². The van der Waals surface area contributed by atoms with Crippen molar-refractivity contribution in [1.82, 2.24) is 9.80 Å². The Morgan fingerprint density at radius 1 is 1.44 bits per heavy atom.